The largest absolute Gasteiger partial charge is 0.465 e. The fraction of sp³-hybridized carbons (Fsp3) is 0.118. The first-order valence-corrected chi connectivity index (χ1v) is 7.05. The third-order valence-electron chi connectivity index (χ3n) is 3.37. The third-order valence-corrected chi connectivity index (χ3v) is 3.37. The second-order valence-electron chi connectivity index (χ2n) is 4.92. The van der Waals surface area contributed by atoms with Crippen LogP contribution in [0.4, 0.5) is 18.9 Å². The number of methoxy groups -OCH3 is 2. The van der Waals surface area contributed by atoms with E-state index in [0.717, 1.165) is 26.4 Å². The predicted molar refractivity (Wildman–Crippen MR) is 83.4 cm³/mol. The van der Waals surface area contributed by atoms with Crippen LogP contribution in [0.15, 0.2) is 30.3 Å². The van der Waals surface area contributed by atoms with E-state index in [4.69, 9.17) is 0 Å². The summed E-state index contributed by atoms with van der Waals surface area (Å²) in [5, 5.41) is 2.17. The Hall–Kier alpha value is -3.36. The van der Waals surface area contributed by atoms with E-state index in [1.807, 2.05) is 0 Å². The quantitative estimate of drug-likeness (QED) is 0.664. The fourth-order valence-electron chi connectivity index (χ4n) is 2.07. The van der Waals surface area contributed by atoms with E-state index in [2.05, 4.69) is 14.8 Å². The van der Waals surface area contributed by atoms with Crippen molar-refractivity contribution in [2.24, 2.45) is 0 Å². The van der Waals surface area contributed by atoms with Gasteiger partial charge < -0.3 is 14.8 Å². The molecule has 0 radical (unpaired) electrons. The van der Waals surface area contributed by atoms with Crippen LogP contribution in [0.2, 0.25) is 0 Å². The molecule has 0 aliphatic heterocycles. The third kappa shape index (κ3) is 3.66. The lowest BCUT2D eigenvalue weighted by Crippen LogP contribution is -2.18. The van der Waals surface area contributed by atoms with Crippen LogP contribution in [0.1, 0.15) is 31.1 Å². The van der Waals surface area contributed by atoms with Gasteiger partial charge >= 0.3 is 11.9 Å². The number of hydrogen-bond donors (Lipinski definition) is 1. The smallest absolute Gasteiger partial charge is 0.339 e. The molecule has 2 rings (SSSR count). The Morgan fingerprint density at radius 2 is 1.46 bits per heavy atom. The first-order chi connectivity index (χ1) is 12.3. The van der Waals surface area contributed by atoms with Crippen LogP contribution < -0.4 is 5.32 Å². The fourth-order valence-corrected chi connectivity index (χ4v) is 2.07. The van der Waals surface area contributed by atoms with E-state index in [9.17, 15) is 27.6 Å². The molecular weight excluding hydrogens is 355 g/mol. The lowest BCUT2D eigenvalue weighted by Gasteiger charge is -2.12. The second kappa shape index (κ2) is 7.68. The molecule has 0 fully saturated rings. The first kappa shape index (κ1) is 19.0. The summed E-state index contributed by atoms with van der Waals surface area (Å²) in [6.45, 7) is 0. The van der Waals surface area contributed by atoms with Crippen molar-refractivity contribution < 1.29 is 37.0 Å². The summed E-state index contributed by atoms with van der Waals surface area (Å²) < 4.78 is 49.1. The summed E-state index contributed by atoms with van der Waals surface area (Å²) in [5.41, 5.74) is -1.14. The molecule has 0 saturated heterocycles. The number of halogens is 3. The number of rotatable bonds is 4. The standard InChI is InChI=1S/C17H12F3NO5/c1-25-16(23)8-3-4-9(17(24)26-2)12(7-8)21-15(22)10-5-6-11(18)14(20)13(10)19/h3-7H,1-2H3,(H,21,22). The average Bonchev–Trinajstić information content (AvgIpc) is 2.64. The van der Waals surface area contributed by atoms with Crippen LogP contribution >= 0.6 is 0 Å². The van der Waals surface area contributed by atoms with Gasteiger partial charge in [-0.1, -0.05) is 0 Å². The van der Waals surface area contributed by atoms with E-state index < -0.39 is 40.9 Å². The van der Waals surface area contributed by atoms with Gasteiger partial charge in [-0.2, -0.15) is 0 Å². The zero-order valence-corrected chi connectivity index (χ0v) is 13.6. The van der Waals surface area contributed by atoms with Crippen LogP contribution in [-0.2, 0) is 9.47 Å². The molecule has 0 aliphatic carbocycles. The molecule has 26 heavy (non-hydrogen) atoms. The number of esters is 2. The normalized spacial score (nSPS) is 10.2. The Balaban J connectivity index is 2.46. The van der Waals surface area contributed by atoms with Gasteiger partial charge in [0.2, 0.25) is 0 Å². The van der Waals surface area contributed by atoms with Crippen LogP contribution in [0, 0.1) is 17.5 Å². The molecule has 6 nitrogen and oxygen atoms in total. The van der Waals surface area contributed by atoms with E-state index in [1.54, 1.807) is 0 Å². The Kier molecular flexibility index (Phi) is 5.61. The van der Waals surface area contributed by atoms with Crippen molar-refractivity contribution >= 4 is 23.5 Å². The SMILES string of the molecule is COC(=O)c1ccc(C(=O)OC)c(NC(=O)c2ccc(F)c(F)c2F)c1. The minimum atomic E-state index is -1.81. The highest BCUT2D eigenvalue weighted by Crippen LogP contribution is 2.22. The Labute approximate surface area is 145 Å². The van der Waals surface area contributed by atoms with Gasteiger partial charge in [-0.15, -0.1) is 0 Å². The number of hydrogen-bond acceptors (Lipinski definition) is 5. The zero-order valence-electron chi connectivity index (χ0n) is 13.6. The highest BCUT2D eigenvalue weighted by molar-refractivity contribution is 6.09. The molecule has 0 aliphatic rings. The maximum atomic E-state index is 13.8. The molecular formula is C17H12F3NO5. The van der Waals surface area contributed by atoms with Crippen LogP contribution in [0.25, 0.3) is 0 Å². The number of carbonyl (C=O) groups is 3. The van der Waals surface area contributed by atoms with Crippen molar-refractivity contribution in [1.29, 1.82) is 0 Å². The van der Waals surface area contributed by atoms with E-state index >= 15 is 0 Å². The Morgan fingerprint density at radius 3 is 2.08 bits per heavy atom. The van der Waals surface area contributed by atoms with Crippen molar-refractivity contribution in [3.05, 3.63) is 64.5 Å². The van der Waals surface area contributed by atoms with Crippen molar-refractivity contribution in [1.82, 2.24) is 0 Å². The number of amides is 1. The van der Waals surface area contributed by atoms with Crippen molar-refractivity contribution in [2.75, 3.05) is 19.5 Å². The molecule has 1 N–H and O–H groups in total. The summed E-state index contributed by atoms with van der Waals surface area (Å²) in [6.07, 6.45) is 0. The highest BCUT2D eigenvalue weighted by Gasteiger charge is 2.22. The van der Waals surface area contributed by atoms with Gasteiger partial charge in [0.1, 0.15) is 0 Å². The summed E-state index contributed by atoms with van der Waals surface area (Å²) in [7, 11) is 2.22. The lowest BCUT2D eigenvalue weighted by molar-refractivity contribution is 0.0587. The maximum absolute atomic E-state index is 13.8. The van der Waals surface area contributed by atoms with Crippen LogP contribution in [-0.4, -0.2) is 32.1 Å². The summed E-state index contributed by atoms with van der Waals surface area (Å²) in [5.74, 6) is -7.71. The van der Waals surface area contributed by atoms with Gasteiger partial charge in [0.25, 0.3) is 5.91 Å². The second-order valence-corrected chi connectivity index (χ2v) is 4.92. The number of nitrogens with one attached hydrogen (secondary N) is 1. The molecule has 2 aromatic rings. The minimum Gasteiger partial charge on any atom is -0.465 e. The molecule has 9 heteroatoms. The van der Waals surface area contributed by atoms with Gasteiger partial charge in [-0.3, -0.25) is 4.79 Å². The summed E-state index contributed by atoms with van der Waals surface area (Å²) in [6, 6.07) is 4.87. The van der Waals surface area contributed by atoms with Crippen molar-refractivity contribution in [2.45, 2.75) is 0 Å². The predicted octanol–water partition coefficient (Wildman–Crippen LogP) is 2.93. The zero-order chi connectivity index (χ0) is 19.4. The Bertz CT molecular complexity index is 898. The first-order valence-electron chi connectivity index (χ1n) is 7.05. The molecule has 0 bridgehead atoms. The van der Waals surface area contributed by atoms with Crippen LogP contribution in [0.5, 0.6) is 0 Å². The minimum absolute atomic E-state index is 0.0128. The van der Waals surface area contributed by atoms with E-state index in [1.165, 1.54) is 12.1 Å². The summed E-state index contributed by atoms with van der Waals surface area (Å²) in [4.78, 5) is 35.6. The molecule has 136 valence electrons. The molecule has 0 saturated carbocycles. The number of benzene rings is 2. The van der Waals surface area contributed by atoms with Crippen molar-refractivity contribution in [3.8, 4) is 0 Å². The van der Waals surface area contributed by atoms with Gasteiger partial charge in [-0.25, -0.2) is 22.8 Å². The maximum Gasteiger partial charge on any atom is 0.339 e. The van der Waals surface area contributed by atoms with Gasteiger partial charge in [0, 0.05) is 0 Å². The van der Waals surface area contributed by atoms with E-state index in [-0.39, 0.29) is 16.8 Å². The summed E-state index contributed by atoms with van der Waals surface area (Å²) >= 11 is 0. The number of carbonyl (C=O) groups excluding carboxylic acids is 3. The molecule has 0 heterocycles. The van der Waals surface area contributed by atoms with Gasteiger partial charge in [0.15, 0.2) is 17.5 Å². The molecule has 0 atom stereocenters. The van der Waals surface area contributed by atoms with Crippen molar-refractivity contribution in [3.63, 3.8) is 0 Å². The Morgan fingerprint density at radius 1 is 0.846 bits per heavy atom. The molecule has 2 aromatic carbocycles. The molecule has 0 aromatic heterocycles. The topological polar surface area (TPSA) is 81.7 Å². The van der Waals surface area contributed by atoms with Gasteiger partial charge in [0.05, 0.1) is 36.6 Å². The van der Waals surface area contributed by atoms with Crippen LogP contribution in [0.3, 0.4) is 0 Å². The van der Waals surface area contributed by atoms with Gasteiger partial charge in [-0.05, 0) is 30.3 Å². The molecule has 1 amide bonds. The molecule has 0 spiro atoms. The highest BCUT2D eigenvalue weighted by atomic mass is 19.2. The molecule has 0 unspecified atom stereocenters. The average molecular weight is 367 g/mol. The lowest BCUT2D eigenvalue weighted by atomic mass is 10.1. The monoisotopic (exact) mass is 367 g/mol. The van der Waals surface area contributed by atoms with E-state index in [0.29, 0.717) is 6.07 Å². The number of ether oxygens (including phenoxy) is 2. The number of anilines is 1.